The van der Waals surface area contributed by atoms with E-state index in [1.165, 1.54) is 27.8 Å². The quantitative estimate of drug-likeness (QED) is 0.512. The second-order valence-electron chi connectivity index (χ2n) is 8.31. The Morgan fingerprint density at radius 3 is 2.46 bits per heavy atom. The van der Waals surface area contributed by atoms with Gasteiger partial charge in [-0.1, -0.05) is 60.2 Å². The van der Waals surface area contributed by atoms with E-state index in [-0.39, 0.29) is 12.1 Å². The molecule has 0 spiro atoms. The molecule has 28 heavy (non-hydrogen) atoms. The molecule has 3 atom stereocenters. The van der Waals surface area contributed by atoms with Gasteiger partial charge in [0.25, 0.3) is 0 Å². The SMILES string of the molecule is Cc1ccc2c(c1)[C@H]1Cc3ccccc3[C@H]1[C@H]1c3ccccc3N(C)C(=O)N21. The molecule has 2 aliphatic heterocycles. The van der Waals surface area contributed by atoms with Crippen molar-refractivity contribution in [2.75, 3.05) is 16.8 Å². The Balaban J connectivity index is 1.68. The van der Waals surface area contributed by atoms with Crippen LogP contribution in [0.15, 0.2) is 66.7 Å². The van der Waals surface area contributed by atoms with Crippen molar-refractivity contribution >= 4 is 17.4 Å². The number of nitrogens with zero attached hydrogens (tertiary/aromatic N) is 2. The summed E-state index contributed by atoms with van der Waals surface area (Å²) in [4.78, 5) is 17.4. The number of hydrogen-bond acceptors (Lipinski definition) is 1. The fourth-order valence-corrected chi connectivity index (χ4v) is 5.68. The van der Waals surface area contributed by atoms with Crippen LogP contribution in [-0.4, -0.2) is 13.1 Å². The fraction of sp³-hybridized carbons (Fsp3) is 0.240. The van der Waals surface area contributed by atoms with Crippen molar-refractivity contribution in [2.24, 2.45) is 0 Å². The van der Waals surface area contributed by atoms with E-state index in [2.05, 4.69) is 72.5 Å². The second kappa shape index (κ2) is 5.48. The molecule has 0 N–H and O–H groups in total. The molecule has 6 rings (SSSR count). The van der Waals surface area contributed by atoms with E-state index in [0.717, 1.165) is 17.8 Å². The van der Waals surface area contributed by atoms with Crippen LogP contribution in [-0.2, 0) is 6.42 Å². The predicted molar refractivity (Wildman–Crippen MR) is 112 cm³/mol. The number of hydrogen-bond donors (Lipinski definition) is 0. The lowest BCUT2D eigenvalue weighted by molar-refractivity contribution is 0.245. The standard InChI is InChI=1S/C25H22N2O/c1-15-11-12-22-19(13-15)20-14-16-7-3-4-8-17(16)23(20)24-18-9-5-6-10-21(18)26(2)25(28)27(22)24/h3-13,20,23-24H,14H2,1-2H3/t20-,23-,24-/m1/s1. The number of para-hydroxylation sites is 1. The first kappa shape index (κ1) is 15.9. The van der Waals surface area contributed by atoms with Gasteiger partial charge in [-0.3, -0.25) is 9.80 Å². The van der Waals surface area contributed by atoms with Gasteiger partial charge in [0.2, 0.25) is 0 Å². The monoisotopic (exact) mass is 366 g/mol. The van der Waals surface area contributed by atoms with Gasteiger partial charge < -0.3 is 0 Å². The summed E-state index contributed by atoms with van der Waals surface area (Å²) in [6, 6.07) is 23.9. The maximum Gasteiger partial charge on any atom is 0.329 e. The molecule has 2 heterocycles. The highest BCUT2D eigenvalue weighted by molar-refractivity contribution is 6.08. The van der Waals surface area contributed by atoms with Gasteiger partial charge in [-0.05, 0) is 53.6 Å². The molecule has 0 fully saturated rings. The molecule has 3 nitrogen and oxygen atoms in total. The summed E-state index contributed by atoms with van der Waals surface area (Å²) in [6.45, 7) is 2.14. The molecule has 138 valence electrons. The van der Waals surface area contributed by atoms with E-state index in [1.54, 1.807) is 4.90 Å². The second-order valence-corrected chi connectivity index (χ2v) is 8.31. The molecule has 0 radical (unpaired) electrons. The summed E-state index contributed by atoms with van der Waals surface area (Å²) in [5, 5.41) is 0. The number of carbonyl (C=O) groups excluding carboxylic acids is 1. The zero-order chi connectivity index (χ0) is 19.0. The minimum absolute atomic E-state index is 0.0451. The number of fused-ring (bicyclic) bond motifs is 10. The molecule has 1 aliphatic carbocycles. The van der Waals surface area contributed by atoms with Crippen LogP contribution in [0.5, 0.6) is 0 Å². The lowest BCUT2D eigenvalue weighted by Crippen LogP contribution is -2.52. The lowest BCUT2D eigenvalue weighted by atomic mass is 9.73. The number of benzene rings is 3. The molecule has 3 aromatic carbocycles. The average Bonchev–Trinajstić information content (AvgIpc) is 3.11. The van der Waals surface area contributed by atoms with E-state index in [1.807, 2.05) is 13.1 Å². The van der Waals surface area contributed by atoms with E-state index in [0.29, 0.717) is 11.8 Å². The molecule has 0 bridgehead atoms. The number of carbonyl (C=O) groups is 1. The van der Waals surface area contributed by atoms with Crippen LogP contribution in [0.4, 0.5) is 16.2 Å². The Hall–Kier alpha value is -3.07. The summed E-state index contributed by atoms with van der Waals surface area (Å²) in [5.41, 5.74) is 8.77. The van der Waals surface area contributed by atoms with Crippen LogP contribution in [0.2, 0.25) is 0 Å². The number of anilines is 2. The Kier molecular flexibility index (Phi) is 3.12. The summed E-state index contributed by atoms with van der Waals surface area (Å²) < 4.78 is 0. The first-order valence-electron chi connectivity index (χ1n) is 9.99. The first-order chi connectivity index (χ1) is 13.6. The summed E-state index contributed by atoms with van der Waals surface area (Å²) in [5.74, 6) is 0.710. The molecular weight excluding hydrogens is 344 g/mol. The molecule has 2 amide bonds. The minimum Gasteiger partial charge on any atom is -0.297 e. The van der Waals surface area contributed by atoms with Crippen molar-refractivity contribution in [3.8, 4) is 0 Å². The topological polar surface area (TPSA) is 23.6 Å². The predicted octanol–water partition coefficient (Wildman–Crippen LogP) is 5.55. The van der Waals surface area contributed by atoms with Crippen molar-refractivity contribution < 1.29 is 4.79 Å². The number of urea groups is 1. The lowest BCUT2D eigenvalue weighted by Gasteiger charge is -2.49. The summed E-state index contributed by atoms with van der Waals surface area (Å²) in [6.07, 6.45) is 1.05. The molecule has 0 unspecified atom stereocenters. The van der Waals surface area contributed by atoms with Crippen LogP contribution in [0, 0.1) is 6.92 Å². The summed E-state index contributed by atoms with van der Waals surface area (Å²) >= 11 is 0. The van der Waals surface area contributed by atoms with Gasteiger partial charge in [0.15, 0.2) is 0 Å². The zero-order valence-corrected chi connectivity index (χ0v) is 16.1. The normalized spacial score (nSPS) is 24.2. The van der Waals surface area contributed by atoms with Gasteiger partial charge in [-0.25, -0.2) is 4.79 Å². The maximum atomic E-state index is 13.5. The number of aryl methyl sites for hydroxylation is 1. The Morgan fingerprint density at radius 1 is 0.857 bits per heavy atom. The van der Waals surface area contributed by atoms with Crippen molar-refractivity contribution in [2.45, 2.75) is 31.2 Å². The van der Waals surface area contributed by atoms with E-state index in [9.17, 15) is 4.79 Å². The highest BCUT2D eigenvalue weighted by Gasteiger charge is 2.51. The smallest absolute Gasteiger partial charge is 0.297 e. The van der Waals surface area contributed by atoms with Gasteiger partial charge in [-0.2, -0.15) is 0 Å². The maximum absolute atomic E-state index is 13.5. The molecule has 0 aromatic heterocycles. The van der Waals surface area contributed by atoms with E-state index in [4.69, 9.17) is 0 Å². The molecule has 0 saturated heterocycles. The minimum atomic E-state index is 0.0451. The van der Waals surface area contributed by atoms with Crippen LogP contribution in [0.25, 0.3) is 0 Å². The van der Waals surface area contributed by atoms with Gasteiger partial charge in [-0.15, -0.1) is 0 Å². The average molecular weight is 366 g/mol. The van der Waals surface area contributed by atoms with Crippen molar-refractivity contribution in [1.82, 2.24) is 0 Å². The highest BCUT2D eigenvalue weighted by atomic mass is 16.2. The fourth-order valence-electron chi connectivity index (χ4n) is 5.68. The highest BCUT2D eigenvalue weighted by Crippen LogP contribution is 2.60. The molecular formula is C25H22N2O. The molecule has 3 aromatic rings. The summed E-state index contributed by atoms with van der Waals surface area (Å²) in [7, 11) is 1.89. The third-order valence-corrected chi connectivity index (χ3v) is 6.86. The molecule has 3 heteroatoms. The van der Waals surface area contributed by atoms with Crippen LogP contribution in [0.1, 0.15) is 45.7 Å². The van der Waals surface area contributed by atoms with Crippen LogP contribution < -0.4 is 9.80 Å². The van der Waals surface area contributed by atoms with Crippen molar-refractivity contribution in [3.63, 3.8) is 0 Å². The molecule has 3 aliphatic rings. The molecule has 0 saturated carbocycles. The van der Waals surface area contributed by atoms with Gasteiger partial charge >= 0.3 is 6.03 Å². The third-order valence-electron chi connectivity index (χ3n) is 6.86. The first-order valence-corrected chi connectivity index (χ1v) is 9.99. The number of amides is 2. The Bertz CT molecular complexity index is 1130. The van der Waals surface area contributed by atoms with E-state index < -0.39 is 0 Å². The van der Waals surface area contributed by atoms with Gasteiger partial charge in [0, 0.05) is 18.7 Å². The number of rotatable bonds is 0. The largest absolute Gasteiger partial charge is 0.329 e. The zero-order valence-electron chi connectivity index (χ0n) is 16.1. The van der Waals surface area contributed by atoms with E-state index >= 15 is 0 Å². The van der Waals surface area contributed by atoms with Crippen molar-refractivity contribution in [1.29, 1.82) is 0 Å². The Labute approximate surface area is 165 Å². The third kappa shape index (κ3) is 1.91. The van der Waals surface area contributed by atoms with Gasteiger partial charge in [0.05, 0.1) is 11.7 Å². The van der Waals surface area contributed by atoms with Crippen LogP contribution in [0.3, 0.4) is 0 Å². The van der Waals surface area contributed by atoms with Gasteiger partial charge in [0.1, 0.15) is 0 Å². The van der Waals surface area contributed by atoms with Crippen LogP contribution >= 0.6 is 0 Å². The van der Waals surface area contributed by atoms with Crippen molar-refractivity contribution in [3.05, 3.63) is 94.5 Å². The Morgan fingerprint density at radius 2 is 1.61 bits per heavy atom.